The van der Waals surface area contributed by atoms with E-state index in [2.05, 4.69) is 5.32 Å². The van der Waals surface area contributed by atoms with E-state index < -0.39 is 40.2 Å². The zero-order valence-corrected chi connectivity index (χ0v) is 18.6. The lowest BCUT2D eigenvalue weighted by Crippen LogP contribution is -2.50. The third-order valence-corrected chi connectivity index (χ3v) is 5.82. The molecule has 0 fully saturated rings. The van der Waals surface area contributed by atoms with Gasteiger partial charge in [0.25, 0.3) is 0 Å². The summed E-state index contributed by atoms with van der Waals surface area (Å²) in [6.45, 7) is 1.00. The van der Waals surface area contributed by atoms with Gasteiger partial charge in [-0.25, -0.2) is 12.8 Å². The predicted molar refractivity (Wildman–Crippen MR) is 116 cm³/mol. The van der Waals surface area contributed by atoms with Gasteiger partial charge in [-0.05, 0) is 42.8 Å². The molecule has 0 heterocycles. The summed E-state index contributed by atoms with van der Waals surface area (Å²) in [6, 6.07) is 11.1. The minimum atomic E-state index is -3.90. The summed E-state index contributed by atoms with van der Waals surface area (Å²) in [5.41, 5.74) is 0.713. The summed E-state index contributed by atoms with van der Waals surface area (Å²) in [4.78, 5) is 26.7. The van der Waals surface area contributed by atoms with E-state index in [9.17, 15) is 22.4 Å². The molecule has 1 N–H and O–H groups in total. The van der Waals surface area contributed by atoms with Gasteiger partial charge in [-0.2, -0.15) is 0 Å². The number of ether oxygens (including phenoxy) is 1. The highest BCUT2D eigenvalue weighted by atomic mass is 32.2. The molecule has 0 radical (unpaired) electrons. The van der Waals surface area contributed by atoms with E-state index in [0.717, 1.165) is 16.6 Å². The van der Waals surface area contributed by atoms with Crippen LogP contribution in [0.4, 0.5) is 10.1 Å². The zero-order valence-electron chi connectivity index (χ0n) is 17.8. The van der Waals surface area contributed by atoms with Crippen LogP contribution in [0.1, 0.15) is 12.5 Å². The Morgan fingerprint density at radius 2 is 1.84 bits per heavy atom. The van der Waals surface area contributed by atoms with E-state index >= 15 is 0 Å². The molecule has 1 atom stereocenters. The van der Waals surface area contributed by atoms with Gasteiger partial charge in [0.1, 0.15) is 24.2 Å². The Balaban J connectivity index is 2.39. The van der Waals surface area contributed by atoms with Crippen LogP contribution in [-0.4, -0.2) is 58.1 Å². The fourth-order valence-corrected chi connectivity index (χ4v) is 3.85. The van der Waals surface area contributed by atoms with Crippen molar-refractivity contribution in [1.82, 2.24) is 10.2 Å². The maximum absolute atomic E-state index is 13.7. The van der Waals surface area contributed by atoms with Gasteiger partial charge in [0.05, 0.1) is 19.1 Å². The zero-order chi connectivity index (χ0) is 23.2. The number of sulfonamides is 1. The third-order valence-electron chi connectivity index (χ3n) is 4.68. The summed E-state index contributed by atoms with van der Waals surface area (Å²) in [5.74, 6) is -1.08. The van der Waals surface area contributed by atoms with Crippen LogP contribution in [0.3, 0.4) is 0 Å². The molecule has 168 valence electrons. The van der Waals surface area contributed by atoms with Gasteiger partial charge in [0, 0.05) is 13.6 Å². The SMILES string of the molecule is CNC(=O)C(C)N(Cc1cccc(OC)c1)C(=O)CN(c1cccc(F)c1)S(C)(=O)=O. The molecule has 0 saturated heterocycles. The van der Waals surface area contributed by atoms with Crippen LogP contribution >= 0.6 is 0 Å². The molecule has 31 heavy (non-hydrogen) atoms. The number of methoxy groups -OCH3 is 1. The average molecular weight is 452 g/mol. The molecule has 1 unspecified atom stereocenters. The Morgan fingerprint density at radius 3 is 2.42 bits per heavy atom. The van der Waals surface area contributed by atoms with Crippen molar-refractivity contribution in [1.29, 1.82) is 0 Å². The summed E-state index contributed by atoms with van der Waals surface area (Å²) in [7, 11) is -0.941. The van der Waals surface area contributed by atoms with Gasteiger partial charge in [-0.1, -0.05) is 18.2 Å². The number of hydrogen-bond donors (Lipinski definition) is 1. The van der Waals surface area contributed by atoms with Crippen molar-refractivity contribution in [3.8, 4) is 5.75 Å². The highest BCUT2D eigenvalue weighted by Crippen LogP contribution is 2.21. The number of rotatable bonds is 9. The molecule has 0 spiro atoms. The molecule has 0 bridgehead atoms. The lowest BCUT2D eigenvalue weighted by molar-refractivity contribution is -0.139. The number of benzene rings is 2. The fourth-order valence-electron chi connectivity index (χ4n) is 3.00. The number of nitrogens with one attached hydrogen (secondary N) is 1. The first-order valence-electron chi connectivity index (χ1n) is 9.44. The van der Waals surface area contributed by atoms with Crippen molar-refractivity contribution in [3.05, 3.63) is 59.9 Å². The molecule has 8 nitrogen and oxygen atoms in total. The van der Waals surface area contributed by atoms with Crippen molar-refractivity contribution >= 4 is 27.5 Å². The normalized spacial score (nSPS) is 12.0. The van der Waals surface area contributed by atoms with Crippen LogP contribution in [0.5, 0.6) is 5.75 Å². The van der Waals surface area contributed by atoms with Crippen LogP contribution in [-0.2, 0) is 26.2 Å². The number of amides is 2. The van der Waals surface area contributed by atoms with E-state index in [1.54, 1.807) is 31.2 Å². The Labute approximate surface area is 181 Å². The molecule has 2 amide bonds. The topological polar surface area (TPSA) is 96.0 Å². The molecule has 2 aromatic carbocycles. The van der Waals surface area contributed by atoms with Gasteiger partial charge >= 0.3 is 0 Å². The predicted octanol–water partition coefficient (Wildman–Crippen LogP) is 1.76. The molecule has 0 aliphatic rings. The number of hydrogen-bond acceptors (Lipinski definition) is 5. The maximum atomic E-state index is 13.7. The summed E-state index contributed by atoms with van der Waals surface area (Å²) in [6.07, 6.45) is 0.930. The van der Waals surface area contributed by atoms with E-state index in [-0.39, 0.29) is 12.2 Å². The van der Waals surface area contributed by atoms with Crippen molar-refractivity contribution in [2.24, 2.45) is 0 Å². The lowest BCUT2D eigenvalue weighted by Gasteiger charge is -2.31. The molecule has 2 aromatic rings. The number of carbonyl (C=O) groups is 2. The highest BCUT2D eigenvalue weighted by molar-refractivity contribution is 7.92. The number of carbonyl (C=O) groups excluding carboxylic acids is 2. The van der Waals surface area contributed by atoms with Crippen molar-refractivity contribution < 1.29 is 27.1 Å². The quantitative estimate of drug-likeness (QED) is 0.627. The standard InChI is InChI=1S/C21H26FN3O5S/c1-15(21(27)23-2)24(13-16-7-5-10-19(11-16)30-3)20(26)14-25(31(4,28)29)18-9-6-8-17(22)12-18/h5-12,15H,13-14H2,1-4H3,(H,23,27). The lowest BCUT2D eigenvalue weighted by atomic mass is 10.1. The van der Waals surface area contributed by atoms with Crippen LogP contribution in [0.2, 0.25) is 0 Å². The summed E-state index contributed by atoms with van der Waals surface area (Å²) in [5, 5.41) is 2.49. The Hall–Kier alpha value is -3.14. The van der Waals surface area contributed by atoms with Gasteiger partial charge in [0.2, 0.25) is 21.8 Å². The van der Waals surface area contributed by atoms with Crippen molar-refractivity contribution in [2.45, 2.75) is 19.5 Å². The molecule has 0 saturated carbocycles. The minimum Gasteiger partial charge on any atom is -0.497 e. The van der Waals surface area contributed by atoms with Crippen LogP contribution in [0.15, 0.2) is 48.5 Å². The molecule has 10 heteroatoms. The second-order valence-corrected chi connectivity index (χ2v) is 8.82. The first kappa shape index (κ1) is 24.1. The van der Waals surface area contributed by atoms with E-state index in [1.165, 1.54) is 37.3 Å². The first-order valence-corrected chi connectivity index (χ1v) is 11.3. The Kier molecular flexibility index (Phi) is 7.98. The fraction of sp³-hybridized carbons (Fsp3) is 0.333. The van der Waals surface area contributed by atoms with Gasteiger partial charge in [-0.15, -0.1) is 0 Å². The molecule has 0 aromatic heterocycles. The monoisotopic (exact) mass is 451 g/mol. The highest BCUT2D eigenvalue weighted by Gasteiger charge is 2.29. The second kappa shape index (κ2) is 10.3. The largest absolute Gasteiger partial charge is 0.497 e. The van der Waals surface area contributed by atoms with Crippen LogP contribution in [0, 0.1) is 5.82 Å². The molecule has 2 rings (SSSR count). The summed E-state index contributed by atoms with van der Waals surface area (Å²) >= 11 is 0. The summed E-state index contributed by atoms with van der Waals surface area (Å²) < 4.78 is 44.4. The van der Waals surface area contributed by atoms with E-state index in [1.807, 2.05) is 0 Å². The number of nitrogens with zero attached hydrogens (tertiary/aromatic N) is 2. The Bertz CT molecular complexity index is 1040. The molecular weight excluding hydrogens is 425 g/mol. The molecule has 0 aliphatic heterocycles. The van der Waals surface area contributed by atoms with Gasteiger partial charge in [0.15, 0.2) is 0 Å². The smallest absolute Gasteiger partial charge is 0.244 e. The second-order valence-electron chi connectivity index (χ2n) is 6.91. The third kappa shape index (κ3) is 6.42. The Morgan fingerprint density at radius 1 is 1.16 bits per heavy atom. The molecular formula is C21H26FN3O5S. The van der Waals surface area contributed by atoms with Gasteiger partial charge in [-0.3, -0.25) is 13.9 Å². The van der Waals surface area contributed by atoms with Crippen molar-refractivity contribution in [2.75, 3.05) is 31.3 Å². The number of anilines is 1. The number of halogens is 1. The minimum absolute atomic E-state index is 0.0183. The number of likely N-dealkylation sites (N-methyl/N-ethyl adjacent to an activating group) is 1. The van der Waals surface area contributed by atoms with Crippen LogP contribution in [0.25, 0.3) is 0 Å². The first-order chi connectivity index (χ1) is 14.6. The van der Waals surface area contributed by atoms with Gasteiger partial charge < -0.3 is 15.0 Å². The average Bonchev–Trinajstić information content (AvgIpc) is 2.73. The van der Waals surface area contributed by atoms with Crippen LogP contribution < -0.4 is 14.4 Å². The van der Waals surface area contributed by atoms with E-state index in [4.69, 9.17) is 4.74 Å². The van der Waals surface area contributed by atoms with Crippen molar-refractivity contribution in [3.63, 3.8) is 0 Å². The van der Waals surface area contributed by atoms with E-state index in [0.29, 0.717) is 11.3 Å². The molecule has 0 aliphatic carbocycles. The maximum Gasteiger partial charge on any atom is 0.244 e.